The Balaban J connectivity index is 1.34. The van der Waals surface area contributed by atoms with E-state index in [4.69, 9.17) is 0 Å². The molecule has 1 atom stereocenters. The summed E-state index contributed by atoms with van der Waals surface area (Å²) in [5, 5.41) is 3.43. The molecule has 1 saturated heterocycles. The van der Waals surface area contributed by atoms with E-state index in [1.54, 1.807) is 15.4 Å². The standard InChI is InChI=1S/C21H31N5O3S/c1-14-10-17-19-18(11-22-20(17)23-14)21(27)24(2)13-26(19)16-6-4-15(5-7-16)12-25-8-3-9-30(25,28)29/h11,14-16H,3-10,12-13H2,1-2H3,(H,22,23). The number of rotatable bonds is 3. The minimum atomic E-state index is -3.02. The smallest absolute Gasteiger partial charge is 0.258 e. The van der Waals surface area contributed by atoms with Gasteiger partial charge < -0.3 is 15.1 Å². The highest BCUT2D eigenvalue weighted by atomic mass is 32.2. The molecule has 2 fully saturated rings. The number of fused-ring (bicyclic) bond motifs is 3. The number of aromatic nitrogens is 1. The normalized spacial score (nSPS) is 30.9. The van der Waals surface area contributed by atoms with Gasteiger partial charge in [-0.15, -0.1) is 0 Å². The van der Waals surface area contributed by atoms with Gasteiger partial charge in [0.05, 0.1) is 23.7 Å². The third kappa shape index (κ3) is 3.36. The van der Waals surface area contributed by atoms with Crippen LogP contribution in [-0.4, -0.2) is 73.2 Å². The number of sulfonamides is 1. The molecule has 30 heavy (non-hydrogen) atoms. The second kappa shape index (κ2) is 7.37. The average molecular weight is 434 g/mol. The summed E-state index contributed by atoms with van der Waals surface area (Å²) in [6, 6.07) is 0.696. The van der Waals surface area contributed by atoms with E-state index in [0.717, 1.165) is 50.0 Å². The quantitative estimate of drug-likeness (QED) is 0.783. The maximum absolute atomic E-state index is 12.8. The summed E-state index contributed by atoms with van der Waals surface area (Å²) in [4.78, 5) is 21.5. The average Bonchev–Trinajstić information content (AvgIpc) is 3.25. The zero-order valence-corrected chi connectivity index (χ0v) is 18.6. The van der Waals surface area contributed by atoms with Crippen molar-refractivity contribution in [1.29, 1.82) is 0 Å². The molecular weight excluding hydrogens is 402 g/mol. The minimum Gasteiger partial charge on any atom is -0.367 e. The van der Waals surface area contributed by atoms with E-state index in [1.807, 2.05) is 7.05 Å². The lowest BCUT2D eigenvalue weighted by molar-refractivity contribution is 0.0773. The summed E-state index contributed by atoms with van der Waals surface area (Å²) in [5.41, 5.74) is 2.96. The van der Waals surface area contributed by atoms with Crippen LogP contribution in [0.25, 0.3) is 0 Å². The predicted octanol–water partition coefficient (Wildman–Crippen LogP) is 1.88. The molecular formula is C21H31N5O3S. The Labute approximate surface area is 178 Å². The number of hydrogen-bond donors (Lipinski definition) is 1. The molecule has 1 saturated carbocycles. The van der Waals surface area contributed by atoms with Crippen molar-refractivity contribution in [3.05, 3.63) is 17.3 Å². The van der Waals surface area contributed by atoms with Crippen LogP contribution in [-0.2, 0) is 16.4 Å². The van der Waals surface area contributed by atoms with Crippen molar-refractivity contribution >= 4 is 27.4 Å². The molecule has 1 aliphatic carbocycles. The number of carbonyl (C=O) groups excluding carboxylic acids is 1. The van der Waals surface area contributed by atoms with Crippen LogP contribution in [0.1, 0.15) is 54.9 Å². The fraction of sp³-hybridized carbons (Fsp3) is 0.714. The molecule has 9 heteroatoms. The first-order valence-corrected chi connectivity index (χ1v) is 12.7. The first-order valence-electron chi connectivity index (χ1n) is 11.1. The highest BCUT2D eigenvalue weighted by Gasteiger charge is 2.39. The molecule has 164 valence electrons. The van der Waals surface area contributed by atoms with Gasteiger partial charge in [0.25, 0.3) is 5.91 Å². The van der Waals surface area contributed by atoms with Crippen molar-refractivity contribution in [2.75, 3.05) is 42.8 Å². The van der Waals surface area contributed by atoms with Gasteiger partial charge in [0, 0.05) is 44.0 Å². The second-order valence-corrected chi connectivity index (χ2v) is 11.5. The van der Waals surface area contributed by atoms with Crippen LogP contribution in [0.5, 0.6) is 0 Å². The van der Waals surface area contributed by atoms with Gasteiger partial charge >= 0.3 is 0 Å². The Morgan fingerprint density at radius 1 is 1.23 bits per heavy atom. The Bertz CT molecular complexity index is 958. The number of amides is 1. The molecule has 1 aromatic rings. The predicted molar refractivity (Wildman–Crippen MR) is 116 cm³/mol. The SMILES string of the molecule is CC1Cc2c(ncc3c2N(C2CCC(CN4CCCS4(=O)=O)CC2)CN(C)C3=O)N1. The van der Waals surface area contributed by atoms with Crippen LogP contribution in [0.3, 0.4) is 0 Å². The summed E-state index contributed by atoms with van der Waals surface area (Å²) < 4.78 is 26.0. The molecule has 8 nitrogen and oxygen atoms in total. The molecule has 0 spiro atoms. The first kappa shape index (κ1) is 20.1. The van der Waals surface area contributed by atoms with Gasteiger partial charge in [0.15, 0.2) is 0 Å². The van der Waals surface area contributed by atoms with Crippen LogP contribution in [0, 0.1) is 5.92 Å². The van der Waals surface area contributed by atoms with Crippen LogP contribution in [0.2, 0.25) is 0 Å². The zero-order chi connectivity index (χ0) is 21.0. The molecule has 3 aliphatic heterocycles. The number of anilines is 2. The highest BCUT2D eigenvalue weighted by molar-refractivity contribution is 7.89. The minimum absolute atomic E-state index is 0.0454. The second-order valence-electron chi connectivity index (χ2n) is 9.41. The van der Waals surface area contributed by atoms with Gasteiger partial charge in [-0.05, 0) is 51.4 Å². The van der Waals surface area contributed by atoms with Gasteiger partial charge in [-0.25, -0.2) is 17.7 Å². The van der Waals surface area contributed by atoms with E-state index >= 15 is 0 Å². The maximum atomic E-state index is 12.8. The van der Waals surface area contributed by atoms with E-state index in [1.165, 1.54) is 5.56 Å². The van der Waals surface area contributed by atoms with Gasteiger partial charge in [-0.3, -0.25) is 4.79 Å². The largest absolute Gasteiger partial charge is 0.367 e. The Morgan fingerprint density at radius 3 is 2.70 bits per heavy atom. The molecule has 4 aliphatic rings. The van der Waals surface area contributed by atoms with Crippen molar-refractivity contribution in [2.24, 2.45) is 5.92 Å². The van der Waals surface area contributed by atoms with E-state index in [0.29, 0.717) is 49.1 Å². The van der Waals surface area contributed by atoms with Crippen LogP contribution in [0.15, 0.2) is 6.20 Å². The monoisotopic (exact) mass is 433 g/mol. The lowest BCUT2D eigenvalue weighted by Crippen LogP contribution is -2.51. The topological polar surface area (TPSA) is 85.9 Å². The number of hydrogen-bond acceptors (Lipinski definition) is 6. The van der Waals surface area contributed by atoms with Crippen LogP contribution >= 0.6 is 0 Å². The maximum Gasteiger partial charge on any atom is 0.258 e. The van der Waals surface area contributed by atoms with Crippen LogP contribution < -0.4 is 10.2 Å². The molecule has 5 rings (SSSR count). The molecule has 4 heterocycles. The van der Waals surface area contributed by atoms with Crippen molar-refractivity contribution in [3.8, 4) is 0 Å². The molecule has 0 bridgehead atoms. The lowest BCUT2D eigenvalue weighted by atomic mass is 9.84. The Morgan fingerprint density at radius 2 is 2.00 bits per heavy atom. The van der Waals surface area contributed by atoms with E-state index in [2.05, 4.69) is 22.1 Å². The number of nitrogens with one attached hydrogen (secondary N) is 1. The molecule has 1 amide bonds. The first-order chi connectivity index (χ1) is 14.3. The van der Waals surface area contributed by atoms with Crippen molar-refractivity contribution in [1.82, 2.24) is 14.2 Å². The fourth-order valence-corrected chi connectivity index (χ4v) is 7.22. The summed E-state index contributed by atoms with van der Waals surface area (Å²) in [5.74, 6) is 1.70. The van der Waals surface area contributed by atoms with Crippen molar-refractivity contribution in [3.63, 3.8) is 0 Å². The number of pyridine rings is 1. The van der Waals surface area contributed by atoms with Gasteiger partial charge in [0.1, 0.15) is 5.82 Å². The Hall–Kier alpha value is -1.87. The van der Waals surface area contributed by atoms with Crippen LogP contribution in [0.4, 0.5) is 11.5 Å². The third-order valence-corrected chi connectivity index (χ3v) is 9.12. The van der Waals surface area contributed by atoms with Gasteiger partial charge in [0.2, 0.25) is 10.0 Å². The molecule has 1 N–H and O–H groups in total. The Kier molecular flexibility index (Phi) is 4.93. The molecule has 1 aromatic heterocycles. The zero-order valence-electron chi connectivity index (χ0n) is 17.8. The summed E-state index contributed by atoms with van der Waals surface area (Å²) in [6.07, 6.45) is 7.49. The summed E-state index contributed by atoms with van der Waals surface area (Å²) in [7, 11) is -1.16. The van der Waals surface area contributed by atoms with Gasteiger partial charge in [-0.2, -0.15) is 0 Å². The number of nitrogens with zero attached hydrogens (tertiary/aromatic N) is 4. The number of carbonyl (C=O) groups is 1. The summed E-state index contributed by atoms with van der Waals surface area (Å²) in [6.45, 7) is 4.10. The van der Waals surface area contributed by atoms with Gasteiger partial charge in [-0.1, -0.05) is 0 Å². The molecule has 0 aromatic carbocycles. The van der Waals surface area contributed by atoms with E-state index < -0.39 is 10.0 Å². The highest BCUT2D eigenvalue weighted by Crippen LogP contribution is 2.41. The lowest BCUT2D eigenvalue weighted by Gasteiger charge is -2.44. The van der Waals surface area contributed by atoms with Crippen molar-refractivity contribution < 1.29 is 13.2 Å². The van der Waals surface area contributed by atoms with E-state index in [9.17, 15) is 13.2 Å². The van der Waals surface area contributed by atoms with E-state index in [-0.39, 0.29) is 5.91 Å². The fourth-order valence-electron chi connectivity index (χ4n) is 5.63. The summed E-state index contributed by atoms with van der Waals surface area (Å²) >= 11 is 0. The molecule has 1 unspecified atom stereocenters. The van der Waals surface area contributed by atoms with Crippen molar-refractivity contribution in [2.45, 2.75) is 57.5 Å². The molecule has 0 radical (unpaired) electrons. The third-order valence-electron chi connectivity index (χ3n) is 7.19.